The summed E-state index contributed by atoms with van der Waals surface area (Å²) in [7, 11) is -3.75. The van der Waals surface area contributed by atoms with E-state index in [9.17, 15) is 12.8 Å². The van der Waals surface area contributed by atoms with Gasteiger partial charge in [-0.15, -0.1) is 0 Å². The second-order valence-electron chi connectivity index (χ2n) is 4.60. The standard InChI is InChI=1S/C12H17FN2O2S/c1-9-3-4-11(13)12(7-9)18(16,17)15-6-5-14-8-10(15)2/h3-4,7,10,14H,5-6,8H2,1-2H3/t10-/m1/s1. The first-order valence-electron chi connectivity index (χ1n) is 5.91. The molecule has 2 rings (SSSR count). The van der Waals surface area contributed by atoms with Crippen LogP contribution in [0.5, 0.6) is 0 Å². The summed E-state index contributed by atoms with van der Waals surface area (Å²) < 4.78 is 39.9. The van der Waals surface area contributed by atoms with Crippen LogP contribution in [0.25, 0.3) is 0 Å². The number of nitrogens with one attached hydrogen (secondary N) is 1. The lowest BCUT2D eigenvalue weighted by Crippen LogP contribution is -2.52. The van der Waals surface area contributed by atoms with Gasteiger partial charge in [0.1, 0.15) is 10.7 Å². The highest BCUT2D eigenvalue weighted by molar-refractivity contribution is 7.89. The lowest BCUT2D eigenvalue weighted by molar-refractivity contribution is 0.283. The van der Waals surface area contributed by atoms with E-state index in [0.717, 1.165) is 5.56 Å². The molecule has 1 saturated heterocycles. The minimum Gasteiger partial charge on any atom is -0.314 e. The van der Waals surface area contributed by atoms with Crippen molar-refractivity contribution in [2.45, 2.75) is 24.8 Å². The van der Waals surface area contributed by atoms with Gasteiger partial charge in [0, 0.05) is 25.7 Å². The summed E-state index contributed by atoms with van der Waals surface area (Å²) >= 11 is 0. The largest absolute Gasteiger partial charge is 0.314 e. The van der Waals surface area contributed by atoms with Gasteiger partial charge in [0.05, 0.1) is 0 Å². The molecule has 100 valence electrons. The van der Waals surface area contributed by atoms with Gasteiger partial charge in [0.2, 0.25) is 10.0 Å². The molecule has 4 nitrogen and oxygen atoms in total. The molecule has 0 amide bonds. The zero-order chi connectivity index (χ0) is 13.3. The Balaban J connectivity index is 2.44. The number of nitrogens with zero attached hydrogens (tertiary/aromatic N) is 1. The fourth-order valence-corrected chi connectivity index (χ4v) is 3.90. The molecule has 1 fully saturated rings. The average molecular weight is 272 g/mol. The molecule has 0 unspecified atom stereocenters. The third kappa shape index (κ3) is 2.41. The molecule has 0 aromatic heterocycles. The Bertz CT molecular complexity index is 545. The van der Waals surface area contributed by atoms with Crippen LogP contribution >= 0.6 is 0 Å². The Kier molecular flexibility index (Phi) is 3.70. The van der Waals surface area contributed by atoms with E-state index in [1.54, 1.807) is 13.0 Å². The second kappa shape index (κ2) is 4.95. The maximum atomic E-state index is 13.7. The van der Waals surface area contributed by atoms with E-state index in [4.69, 9.17) is 0 Å². The van der Waals surface area contributed by atoms with Gasteiger partial charge in [0.15, 0.2) is 0 Å². The summed E-state index contributed by atoms with van der Waals surface area (Å²) in [5.41, 5.74) is 0.734. The van der Waals surface area contributed by atoms with Crippen molar-refractivity contribution in [1.82, 2.24) is 9.62 Å². The highest BCUT2D eigenvalue weighted by atomic mass is 32.2. The van der Waals surface area contributed by atoms with Crippen LogP contribution in [0.1, 0.15) is 12.5 Å². The van der Waals surface area contributed by atoms with Crippen LogP contribution in [0.4, 0.5) is 4.39 Å². The van der Waals surface area contributed by atoms with Crippen molar-refractivity contribution in [3.05, 3.63) is 29.6 Å². The molecular formula is C12H17FN2O2S. The minimum atomic E-state index is -3.75. The number of aryl methyl sites for hydroxylation is 1. The van der Waals surface area contributed by atoms with Gasteiger partial charge in [0.25, 0.3) is 0 Å². The molecule has 1 N–H and O–H groups in total. The van der Waals surface area contributed by atoms with E-state index in [2.05, 4.69) is 5.32 Å². The Hall–Kier alpha value is -0.980. The molecule has 1 aliphatic heterocycles. The number of piperazine rings is 1. The molecule has 18 heavy (non-hydrogen) atoms. The highest BCUT2D eigenvalue weighted by Crippen LogP contribution is 2.22. The molecule has 0 bridgehead atoms. The van der Waals surface area contributed by atoms with Crippen LogP contribution in [0.2, 0.25) is 0 Å². The number of benzene rings is 1. The Morgan fingerprint density at radius 1 is 1.44 bits per heavy atom. The maximum Gasteiger partial charge on any atom is 0.246 e. The molecule has 1 aromatic rings. The molecular weight excluding hydrogens is 255 g/mol. The summed E-state index contributed by atoms with van der Waals surface area (Å²) in [6.45, 7) is 5.12. The fourth-order valence-electron chi connectivity index (χ4n) is 2.11. The van der Waals surface area contributed by atoms with Crippen molar-refractivity contribution in [2.24, 2.45) is 0 Å². The van der Waals surface area contributed by atoms with Crippen LogP contribution < -0.4 is 5.32 Å². The summed E-state index contributed by atoms with van der Waals surface area (Å²) in [4.78, 5) is -0.226. The first kappa shape index (κ1) is 13.5. The molecule has 1 aromatic carbocycles. The van der Waals surface area contributed by atoms with Gasteiger partial charge in [-0.05, 0) is 31.5 Å². The van der Waals surface area contributed by atoms with E-state index < -0.39 is 15.8 Å². The van der Waals surface area contributed by atoms with Crippen molar-refractivity contribution in [3.63, 3.8) is 0 Å². The summed E-state index contributed by atoms with van der Waals surface area (Å²) in [6, 6.07) is 3.99. The second-order valence-corrected chi connectivity index (χ2v) is 6.46. The molecule has 0 saturated carbocycles. The number of halogens is 1. The van der Waals surface area contributed by atoms with Crippen molar-refractivity contribution >= 4 is 10.0 Å². The third-order valence-electron chi connectivity index (χ3n) is 3.11. The zero-order valence-electron chi connectivity index (χ0n) is 10.5. The first-order chi connectivity index (χ1) is 8.43. The highest BCUT2D eigenvalue weighted by Gasteiger charge is 2.32. The predicted octanol–water partition coefficient (Wildman–Crippen LogP) is 1.12. The average Bonchev–Trinajstić information content (AvgIpc) is 2.32. The fraction of sp³-hybridized carbons (Fsp3) is 0.500. The van der Waals surface area contributed by atoms with Crippen molar-refractivity contribution in [2.75, 3.05) is 19.6 Å². The zero-order valence-corrected chi connectivity index (χ0v) is 11.3. The maximum absolute atomic E-state index is 13.7. The smallest absolute Gasteiger partial charge is 0.246 e. The lowest BCUT2D eigenvalue weighted by atomic mass is 10.2. The SMILES string of the molecule is Cc1ccc(F)c(S(=O)(=O)N2CCNC[C@H]2C)c1. The van der Waals surface area contributed by atoms with Crippen LogP contribution in [0, 0.1) is 12.7 Å². The molecule has 0 radical (unpaired) electrons. The van der Waals surface area contributed by atoms with Crippen LogP contribution in [0.15, 0.2) is 23.1 Å². The molecule has 0 aliphatic carbocycles. The number of sulfonamides is 1. The van der Waals surface area contributed by atoms with Crippen molar-refractivity contribution < 1.29 is 12.8 Å². The number of hydrogen-bond donors (Lipinski definition) is 1. The van der Waals surface area contributed by atoms with E-state index >= 15 is 0 Å². The van der Waals surface area contributed by atoms with Crippen molar-refractivity contribution in [3.8, 4) is 0 Å². The molecule has 0 spiro atoms. The molecule has 1 atom stereocenters. The normalized spacial score (nSPS) is 22.1. The molecule has 1 aliphatic rings. The van der Waals surface area contributed by atoms with Gasteiger partial charge in [-0.2, -0.15) is 4.31 Å². The summed E-state index contributed by atoms with van der Waals surface area (Å²) in [6.07, 6.45) is 0. The Morgan fingerprint density at radius 2 is 2.17 bits per heavy atom. The minimum absolute atomic E-state index is 0.163. The van der Waals surface area contributed by atoms with E-state index in [1.165, 1.54) is 16.4 Å². The van der Waals surface area contributed by atoms with Gasteiger partial charge in [-0.25, -0.2) is 12.8 Å². The summed E-state index contributed by atoms with van der Waals surface area (Å²) in [5, 5.41) is 3.11. The first-order valence-corrected chi connectivity index (χ1v) is 7.35. The van der Waals surface area contributed by atoms with Gasteiger partial charge >= 0.3 is 0 Å². The van der Waals surface area contributed by atoms with E-state index in [1.807, 2.05) is 6.92 Å². The summed E-state index contributed by atoms with van der Waals surface area (Å²) in [5.74, 6) is -0.689. The number of rotatable bonds is 2. The van der Waals surface area contributed by atoms with Crippen LogP contribution in [-0.2, 0) is 10.0 Å². The predicted molar refractivity (Wildman–Crippen MR) is 67.4 cm³/mol. The van der Waals surface area contributed by atoms with E-state index in [0.29, 0.717) is 19.6 Å². The number of hydrogen-bond acceptors (Lipinski definition) is 3. The molecule has 1 heterocycles. The van der Waals surface area contributed by atoms with Crippen LogP contribution in [0.3, 0.4) is 0 Å². The van der Waals surface area contributed by atoms with E-state index in [-0.39, 0.29) is 10.9 Å². The lowest BCUT2D eigenvalue weighted by Gasteiger charge is -2.32. The Labute approximate surface area is 107 Å². The van der Waals surface area contributed by atoms with Gasteiger partial charge in [-0.1, -0.05) is 6.07 Å². The Morgan fingerprint density at radius 3 is 2.83 bits per heavy atom. The van der Waals surface area contributed by atoms with Gasteiger partial charge < -0.3 is 5.32 Å². The molecule has 6 heteroatoms. The van der Waals surface area contributed by atoms with Crippen LogP contribution in [-0.4, -0.2) is 38.4 Å². The third-order valence-corrected chi connectivity index (χ3v) is 5.14. The topological polar surface area (TPSA) is 49.4 Å². The monoisotopic (exact) mass is 272 g/mol. The van der Waals surface area contributed by atoms with Gasteiger partial charge in [-0.3, -0.25) is 0 Å². The quantitative estimate of drug-likeness (QED) is 0.877. The van der Waals surface area contributed by atoms with Crippen molar-refractivity contribution in [1.29, 1.82) is 0 Å².